The molecular formula is C23H31NO4. The maximum Gasteiger partial charge on any atom is 0.251 e. The van der Waals surface area contributed by atoms with Crippen LogP contribution in [0.15, 0.2) is 42.5 Å². The van der Waals surface area contributed by atoms with Crippen LogP contribution >= 0.6 is 0 Å². The van der Waals surface area contributed by atoms with Crippen molar-refractivity contribution in [3.63, 3.8) is 0 Å². The second-order valence-corrected chi connectivity index (χ2v) is 7.07. The third kappa shape index (κ3) is 6.80. The lowest BCUT2D eigenvalue weighted by Crippen LogP contribution is -2.22. The summed E-state index contributed by atoms with van der Waals surface area (Å²) in [6, 6.07) is 12.9. The molecule has 2 aromatic rings. The average Bonchev–Trinajstić information content (AvgIpc) is 2.71. The molecule has 0 atom stereocenters. The van der Waals surface area contributed by atoms with Gasteiger partial charge in [0.1, 0.15) is 5.75 Å². The zero-order chi connectivity index (χ0) is 20.4. The van der Waals surface area contributed by atoms with Gasteiger partial charge in [0.2, 0.25) is 0 Å². The molecule has 5 heteroatoms. The number of amides is 1. The number of carbonyl (C=O) groups excluding carboxylic acids is 1. The van der Waals surface area contributed by atoms with E-state index in [0.29, 0.717) is 42.7 Å². The molecule has 0 saturated heterocycles. The molecule has 2 aromatic carbocycles. The van der Waals surface area contributed by atoms with Crippen LogP contribution in [0.4, 0.5) is 0 Å². The zero-order valence-corrected chi connectivity index (χ0v) is 17.3. The Morgan fingerprint density at radius 1 is 1.00 bits per heavy atom. The zero-order valence-electron chi connectivity index (χ0n) is 17.3. The summed E-state index contributed by atoms with van der Waals surface area (Å²) in [7, 11) is 1.61. The van der Waals surface area contributed by atoms with Gasteiger partial charge in [-0.1, -0.05) is 26.8 Å². The predicted molar refractivity (Wildman–Crippen MR) is 111 cm³/mol. The molecule has 0 fully saturated rings. The Hall–Kier alpha value is -2.69. The highest BCUT2D eigenvalue weighted by Crippen LogP contribution is 2.28. The molecule has 0 bridgehead atoms. The molecule has 5 nitrogen and oxygen atoms in total. The van der Waals surface area contributed by atoms with Crippen LogP contribution in [-0.2, 0) is 6.54 Å². The number of nitrogens with one attached hydrogen (secondary N) is 1. The minimum absolute atomic E-state index is 0.126. The van der Waals surface area contributed by atoms with Gasteiger partial charge in [0.25, 0.3) is 5.91 Å². The van der Waals surface area contributed by atoms with Crippen LogP contribution in [-0.4, -0.2) is 26.2 Å². The van der Waals surface area contributed by atoms with Crippen LogP contribution in [0.5, 0.6) is 17.2 Å². The van der Waals surface area contributed by atoms with E-state index in [1.165, 1.54) is 0 Å². The quantitative estimate of drug-likeness (QED) is 0.601. The Balaban J connectivity index is 1.89. The first-order valence-corrected chi connectivity index (χ1v) is 9.84. The van der Waals surface area contributed by atoms with Gasteiger partial charge in [-0.2, -0.15) is 0 Å². The molecule has 28 heavy (non-hydrogen) atoms. The highest BCUT2D eigenvalue weighted by Gasteiger charge is 2.09. The Kier molecular flexibility index (Phi) is 8.66. The molecule has 0 aromatic heterocycles. The van der Waals surface area contributed by atoms with E-state index in [2.05, 4.69) is 26.1 Å². The van der Waals surface area contributed by atoms with E-state index in [4.69, 9.17) is 14.2 Å². The van der Waals surface area contributed by atoms with Crippen molar-refractivity contribution in [1.82, 2.24) is 5.32 Å². The number of benzene rings is 2. The minimum atomic E-state index is -0.126. The number of carbonyl (C=O) groups is 1. The summed E-state index contributed by atoms with van der Waals surface area (Å²) in [4.78, 5) is 12.4. The fraction of sp³-hybridized carbons (Fsp3) is 0.435. The maximum absolute atomic E-state index is 12.4. The van der Waals surface area contributed by atoms with Gasteiger partial charge in [0.05, 0.1) is 20.3 Å². The molecule has 152 valence electrons. The van der Waals surface area contributed by atoms with Crippen LogP contribution < -0.4 is 19.5 Å². The molecule has 0 aliphatic rings. The molecule has 1 N–H and O–H groups in total. The van der Waals surface area contributed by atoms with Crippen molar-refractivity contribution in [2.75, 3.05) is 20.3 Å². The van der Waals surface area contributed by atoms with Crippen LogP contribution in [0.25, 0.3) is 0 Å². The molecule has 2 rings (SSSR count). The second kappa shape index (κ2) is 11.2. The summed E-state index contributed by atoms with van der Waals surface area (Å²) < 4.78 is 16.7. The Labute approximate surface area is 168 Å². The van der Waals surface area contributed by atoms with E-state index in [9.17, 15) is 4.79 Å². The van der Waals surface area contributed by atoms with Gasteiger partial charge in [-0.05, 0) is 60.7 Å². The lowest BCUT2D eigenvalue weighted by Gasteiger charge is -2.12. The fourth-order valence-corrected chi connectivity index (χ4v) is 2.55. The van der Waals surface area contributed by atoms with Crippen molar-refractivity contribution >= 4 is 5.91 Å². The van der Waals surface area contributed by atoms with Gasteiger partial charge in [0, 0.05) is 12.1 Å². The van der Waals surface area contributed by atoms with Crippen molar-refractivity contribution in [2.45, 2.75) is 40.2 Å². The Morgan fingerprint density at radius 2 is 1.75 bits per heavy atom. The van der Waals surface area contributed by atoms with Crippen LogP contribution in [0, 0.1) is 5.92 Å². The molecule has 0 saturated carbocycles. The van der Waals surface area contributed by atoms with Crippen LogP contribution in [0.1, 0.15) is 49.5 Å². The molecule has 0 heterocycles. The largest absolute Gasteiger partial charge is 0.494 e. The van der Waals surface area contributed by atoms with E-state index in [1.54, 1.807) is 19.2 Å². The van der Waals surface area contributed by atoms with Crippen molar-refractivity contribution in [1.29, 1.82) is 0 Å². The smallest absolute Gasteiger partial charge is 0.251 e. The molecule has 0 aliphatic carbocycles. The fourth-order valence-electron chi connectivity index (χ4n) is 2.55. The Morgan fingerprint density at radius 3 is 2.39 bits per heavy atom. The highest BCUT2D eigenvalue weighted by molar-refractivity contribution is 5.94. The second-order valence-electron chi connectivity index (χ2n) is 7.07. The number of hydrogen-bond donors (Lipinski definition) is 1. The summed E-state index contributed by atoms with van der Waals surface area (Å²) >= 11 is 0. The van der Waals surface area contributed by atoms with Crippen molar-refractivity contribution in [2.24, 2.45) is 5.92 Å². The van der Waals surface area contributed by atoms with E-state index < -0.39 is 0 Å². The topological polar surface area (TPSA) is 56.8 Å². The Bertz CT molecular complexity index is 741. The van der Waals surface area contributed by atoms with E-state index in [1.807, 2.05) is 30.3 Å². The molecule has 0 unspecified atom stereocenters. The predicted octanol–water partition coefficient (Wildman–Crippen LogP) is 4.84. The number of methoxy groups -OCH3 is 1. The summed E-state index contributed by atoms with van der Waals surface area (Å²) in [6.07, 6.45) is 1.94. The first-order valence-electron chi connectivity index (χ1n) is 9.84. The summed E-state index contributed by atoms with van der Waals surface area (Å²) in [6.45, 7) is 8.12. The van der Waals surface area contributed by atoms with Gasteiger partial charge < -0.3 is 19.5 Å². The van der Waals surface area contributed by atoms with Gasteiger partial charge in [-0.15, -0.1) is 0 Å². The third-order valence-electron chi connectivity index (χ3n) is 4.22. The average molecular weight is 386 g/mol. The first kappa shape index (κ1) is 21.6. The molecule has 0 radical (unpaired) electrons. The van der Waals surface area contributed by atoms with Gasteiger partial charge in [0.15, 0.2) is 11.5 Å². The molecule has 1 amide bonds. The first-order chi connectivity index (χ1) is 13.5. The lowest BCUT2D eigenvalue weighted by atomic mass is 10.1. The lowest BCUT2D eigenvalue weighted by molar-refractivity contribution is 0.0951. The van der Waals surface area contributed by atoms with Crippen molar-refractivity contribution in [3.8, 4) is 17.2 Å². The van der Waals surface area contributed by atoms with E-state index in [-0.39, 0.29) is 5.91 Å². The molecule has 0 spiro atoms. The van der Waals surface area contributed by atoms with E-state index >= 15 is 0 Å². The monoisotopic (exact) mass is 385 g/mol. The third-order valence-corrected chi connectivity index (χ3v) is 4.22. The van der Waals surface area contributed by atoms with Gasteiger partial charge >= 0.3 is 0 Å². The van der Waals surface area contributed by atoms with Crippen molar-refractivity contribution < 1.29 is 19.0 Å². The van der Waals surface area contributed by atoms with Gasteiger partial charge in [-0.25, -0.2) is 0 Å². The number of ether oxygens (including phenoxy) is 3. The minimum Gasteiger partial charge on any atom is -0.494 e. The van der Waals surface area contributed by atoms with Gasteiger partial charge in [-0.3, -0.25) is 4.79 Å². The maximum atomic E-state index is 12.4. The number of hydrogen-bond acceptors (Lipinski definition) is 4. The van der Waals surface area contributed by atoms with E-state index in [0.717, 1.165) is 24.2 Å². The molecule has 0 aliphatic heterocycles. The SMILES string of the molecule is CCCOc1ccc(CNC(=O)c2ccc(OCCC(C)C)cc2)cc1OC. The van der Waals surface area contributed by atoms with Crippen LogP contribution in [0.2, 0.25) is 0 Å². The number of rotatable bonds is 11. The molecular weight excluding hydrogens is 354 g/mol. The van der Waals surface area contributed by atoms with Crippen molar-refractivity contribution in [3.05, 3.63) is 53.6 Å². The highest BCUT2D eigenvalue weighted by atomic mass is 16.5. The normalized spacial score (nSPS) is 10.6. The van der Waals surface area contributed by atoms with Crippen LogP contribution in [0.3, 0.4) is 0 Å². The summed E-state index contributed by atoms with van der Waals surface area (Å²) in [5.74, 6) is 2.65. The summed E-state index contributed by atoms with van der Waals surface area (Å²) in [5.41, 5.74) is 1.55. The summed E-state index contributed by atoms with van der Waals surface area (Å²) in [5, 5.41) is 2.93. The standard InChI is InChI=1S/C23H31NO4/c1-5-13-28-21-11-6-18(15-22(21)26-4)16-24-23(25)19-7-9-20(10-8-19)27-14-12-17(2)3/h6-11,15,17H,5,12-14,16H2,1-4H3,(H,24,25).